The number of rotatable bonds is 9. The maximum absolute atomic E-state index is 5.48. The molecule has 110 valence electrons. The number of nitrogen functional groups attached to an aromatic ring is 2. The smallest absolute Gasteiger partial charge is 0.203 e. The summed E-state index contributed by atoms with van der Waals surface area (Å²) in [7, 11) is 0. The van der Waals surface area contributed by atoms with Gasteiger partial charge in [-0.05, 0) is 0 Å². The predicted molar refractivity (Wildman–Crippen MR) is 77.7 cm³/mol. The molecule has 0 atom stereocenters. The minimum atomic E-state index is 0.487. The fourth-order valence-electron chi connectivity index (χ4n) is 1.38. The highest BCUT2D eigenvalue weighted by Crippen LogP contribution is 2.12. The van der Waals surface area contributed by atoms with E-state index in [-0.39, 0.29) is 0 Å². The quantitative estimate of drug-likeness (QED) is 0.636. The average Bonchev–Trinajstić information content (AvgIpc) is 3.02. The van der Waals surface area contributed by atoms with E-state index in [4.69, 9.17) is 20.9 Å². The third-order valence-corrected chi connectivity index (χ3v) is 3.88. The summed E-state index contributed by atoms with van der Waals surface area (Å²) < 4.78 is 10.9. The topological polar surface area (TPSA) is 122 Å². The molecule has 0 saturated carbocycles. The molecule has 0 saturated heterocycles. The maximum Gasteiger partial charge on any atom is 0.203 e. The van der Waals surface area contributed by atoms with Gasteiger partial charge in [-0.3, -0.25) is 0 Å². The van der Waals surface area contributed by atoms with Crippen LogP contribution in [0.5, 0.6) is 0 Å². The highest BCUT2D eigenvalue weighted by atomic mass is 32.1. The van der Waals surface area contributed by atoms with E-state index in [0.717, 1.165) is 22.9 Å². The van der Waals surface area contributed by atoms with Crippen LogP contribution in [-0.2, 0) is 22.3 Å². The van der Waals surface area contributed by atoms with E-state index < -0.39 is 0 Å². The van der Waals surface area contributed by atoms with Crippen LogP contribution in [0.4, 0.5) is 10.3 Å². The first-order valence-electron chi connectivity index (χ1n) is 6.05. The molecular weight excluding hydrogens is 300 g/mol. The normalized spacial score (nSPS) is 11.0. The minimum absolute atomic E-state index is 0.487. The SMILES string of the molecule is Nc1nnc(CCOCCOCCc2nnc(N)s2)s1. The Labute approximate surface area is 124 Å². The Bertz CT molecular complexity index is 471. The second-order valence-corrected chi connectivity index (χ2v) is 5.98. The number of hydrogen-bond acceptors (Lipinski definition) is 10. The van der Waals surface area contributed by atoms with Crippen molar-refractivity contribution in [2.24, 2.45) is 0 Å². The van der Waals surface area contributed by atoms with E-state index in [9.17, 15) is 0 Å². The van der Waals surface area contributed by atoms with Crippen LogP contribution in [0.25, 0.3) is 0 Å². The molecule has 2 heterocycles. The minimum Gasteiger partial charge on any atom is -0.379 e. The number of hydrogen-bond donors (Lipinski definition) is 2. The van der Waals surface area contributed by atoms with Gasteiger partial charge in [0.1, 0.15) is 10.0 Å². The van der Waals surface area contributed by atoms with Crippen LogP contribution in [0, 0.1) is 0 Å². The Morgan fingerprint density at radius 3 is 1.50 bits per heavy atom. The van der Waals surface area contributed by atoms with E-state index in [0.29, 0.717) is 36.7 Å². The summed E-state index contributed by atoms with van der Waals surface area (Å²) in [5, 5.41) is 18.0. The average molecular weight is 316 g/mol. The van der Waals surface area contributed by atoms with E-state index >= 15 is 0 Å². The molecule has 0 aliphatic carbocycles. The summed E-state index contributed by atoms with van der Waals surface area (Å²) >= 11 is 2.76. The van der Waals surface area contributed by atoms with Crippen molar-refractivity contribution >= 4 is 32.9 Å². The molecule has 0 spiro atoms. The molecule has 20 heavy (non-hydrogen) atoms. The molecule has 10 heteroatoms. The number of nitrogens with two attached hydrogens (primary N) is 2. The molecule has 0 radical (unpaired) electrons. The number of nitrogens with zero attached hydrogens (tertiary/aromatic N) is 4. The highest BCUT2D eigenvalue weighted by molar-refractivity contribution is 7.15. The van der Waals surface area contributed by atoms with Crippen molar-refractivity contribution < 1.29 is 9.47 Å². The molecule has 0 aliphatic rings. The van der Waals surface area contributed by atoms with Gasteiger partial charge in [-0.15, -0.1) is 20.4 Å². The van der Waals surface area contributed by atoms with Crippen molar-refractivity contribution in [1.82, 2.24) is 20.4 Å². The Kier molecular flexibility index (Phi) is 6.05. The molecule has 8 nitrogen and oxygen atoms in total. The Balaban J connectivity index is 1.44. The van der Waals surface area contributed by atoms with Crippen LogP contribution in [0.2, 0.25) is 0 Å². The van der Waals surface area contributed by atoms with E-state index in [2.05, 4.69) is 20.4 Å². The van der Waals surface area contributed by atoms with Gasteiger partial charge in [0.05, 0.1) is 26.4 Å². The summed E-state index contributed by atoms with van der Waals surface area (Å²) in [4.78, 5) is 0. The lowest BCUT2D eigenvalue weighted by molar-refractivity contribution is 0.0500. The first kappa shape index (κ1) is 15.0. The zero-order chi connectivity index (χ0) is 14.2. The monoisotopic (exact) mass is 316 g/mol. The van der Waals surface area contributed by atoms with Gasteiger partial charge >= 0.3 is 0 Å². The van der Waals surface area contributed by atoms with Gasteiger partial charge in [-0.2, -0.15) is 0 Å². The summed E-state index contributed by atoms with van der Waals surface area (Å²) in [6.45, 7) is 2.27. The summed E-state index contributed by atoms with van der Waals surface area (Å²) in [5.41, 5.74) is 11.0. The van der Waals surface area contributed by atoms with Crippen molar-refractivity contribution in [3.63, 3.8) is 0 Å². The zero-order valence-electron chi connectivity index (χ0n) is 10.8. The lowest BCUT2D eigenvalue weighted by Crippen LogP contribution is -2.08. The maximum atomic E-state index is 5.48. The first-order chi connectivity index (χ1) is 9.74. The van der Waals surface area contributed by atoms with Gasteiger partial charge in [0.25, 0.3) is 0 Å². The van der Waals surface area contributed by atoms with Crippen molar-refractivity contribution in [2.45, 2.75) is 12.8 Å². The first-order valence-corrected chi connectivity index (χ1v) is 7.68. The van der Waals surface area contributed by atoms with Gasteiger partial charge in [-0.25, -0.2) is 0 Å². The van der Waals surface area contributed by atoms with E-state index in [1.807, 2.05) is 0 Å². The van der Waals surface area contributed by atoms with Gasteiger partial charge in [0.15, 0.2) is 0 Å². The molecule has 2 aromatic rings. The lowest BCUT2D eigenvalue weighted by Gasteiger charge is -2.03. The van der Waals surface area contributed by atoms with Crippen molar-refractivity contribution in [3.05, 3.63) is 10.0 Å². The summed E-state index contributed by atoms with van der Waals surface area (Å²) in [5.74, 6) is 0. The zero-order valence-corrected chi connectivity index (χ0v) is 12.5. The number of ether oxygens (including phenoxy) is 2. The Morgan fingerprint density at radius 1 is 0.700 bits per heavy atom. The van der Waals surface area contributed by atoms with Crippen LogP contribution in [0.1, 0.15) is 10.0 Å². The third-order valence-electron chi connectivity index (χ3n) is 2.26. The molecule has 2 aromatic heterocycles. The van der Waals surface area contributed by atoms with Crippen molar-refractivity contribution in [2.75, 3.05) is 37.9 Å². The standard InChI is InChI=1S/C10H16N6O2S2/c11-9-15-13-7(19-9)1-3-17-5-6-18-4-2-8-14-16-10(12)20-8/h1-6H2,(H2,11,15)(H2,12,16). The molecule has 2 rings (SSSR count). The van der Waals surface area contributed by atoms with Crippen LogP contribution < -0.4 is 11.5 Å². The second kappa shape index (κ2) is 8.04. The van der Waals surface area contributed by atoms with E-state index in [1.54, 1.807) is 0 Å². The number of anilines is 2. The van der Waals surface area contributed by atoms with Gasteiger partial charge in [0, 0.05) is 12.8 Å². The molecule has 0 aromatic carbocycles. The van der Waals surface area contributed by atoms with Crippen molar-refractivity contribution in [1.29, 1.82) is 0 Å². The Morgan fingerprint density at radius 2 is 1.15 bits per heavy atom. The van der Waals surface area contributed by atoms with Gasteiger partial charge in [0.2, 0.25) is 10.3 Å². The number of aromatic nitrogens is 4. The lowest BCUT2D eigenvalue weighted by atomic mass is 10.5. The fourth-order valence-corrected chi connectivity index (χ4v) is 2.56. The summed E-state index contributed by atoms with van der Waals surface area (Å²) in [6.07, 6.45) is 1.44. The Hall–Kier alpha value is -1.36. The van der Waals surface area contributed by atoms with Crippen LogP contribution in [-0.4, -0.2) is 46.8 Å². The van der Waals surface area contributed by atoms with Crippen LogP contribution in [0.3, 0.4) is 0 Å². The van der Waals surface area contributed by atoms with E-state index in [1.165, 1.54) is 22.7 Å². The molecule has 0 unspecified atom stereocenters. The highest BCUT2D eigenvalue weighted by Gasteiger charge is 2.02. The molecule has 0 amide bonds. The molecule has 0 aliphatic heterocycles. The van der Waals surface area contributed by atoms with Crippen LogP contribution in [0.15, 0.2) is 0 Å². The molecule has 0 bridgehead atoms. The second-order valence-electron chi connectivity index (χ2n) is 3.79. The van der Waals surface area contributed by atoms with Gasteiger partial charge in [-0.1, -0.05) is 22.7 Å². The molecule has 4 N–H and O–H groups in total. The van der Waals surface area contributed by atoms with Crippen molar-refractivity contribution in [3.8, 4) is 0 Å². The third kappa shape index (κ3) is 5.33. The predicted octanol–water partition coefficient (Wildman–Crippen LogP) is 0.372. The molecule has 0 fully saturated rings. The summed E-state index contributed by atoms with van der Waals surface area (Å²) in [6, 6.07) is 0. The fraction of sp³-hybridized carbons (Fsp3) is 0.600. The van der Waals surface area contributed by atoms with Gasteiger partial charge < -0.3 is 20.9 Å². The largest absolute Gasteiger partial charge is 0.379 e. The molecular formula is C10H16N6O2S2. The van der Waals surface area contributed by atoms with Crippen LogP contribution >= 0.6 is 22.7 Å².